The van der Waals surface area contributed by atoms with Crippen molar-refractivity contribution < 1.29 is 4.74 Å². The Morgan fingerprint density at radius 2 is 0.508 bits per heavy atom. The fourth-order valence-electron chi connectivity index (χ4n) is 8.98. The Morgan fingerprint density at radius 1 is 0.246 bits per heavy atom. The van der Waals surface area contributed by atoms with Crippen molar-refractivity contribution in [3.8, 4) is 79.3 Å². The van der Waals surface area contributed by atoms with E-state index in [0.29, 0.717) is 23.1 Å². The molecule has 0 aliphatic carbocycles. The Balaban J connectivity index is 0.881. The molecule has 10 aromatic carbocycles. The highest BCUT2D eigenvalue weighted by Gasteiger charge is 2.17. The first kappa shape index (κ1) is 37.9. The van der Waals surface area contributed by atoms with Gasteiger partial charge in [0.2, 0.25) is 0 Å². The molecule has 0 radical (unpaired) electrons. The molecule has 0 saturated carbocycles. The molecule has 0 N–H and O–H groups in total. The second-order valence-corrected chi connectivity index (χ2v) is 16.2. The molecule has 0 fully saturated rings. The van der Waals surface area contributed by atoms with E-state index in [0.717, 1.165) is 77.7 Å². The first-order valence-electron chi connectivity index (χ1n) is 21.8. The SMILES string of the molecule is c1ccc2c(-c3cc(-c4cccc5ccccc45)nc(-c4ccc(Oc5ccc(-c6nc(-c7cccc8ccccc78)cc(-c7cccc8ccccc78)n6)cc5)cc4)n3)cccc2c1. The summed E-state index contributed by atoms with van der Waals surface area (Å²) in [5, 5.41) is 9.25. The molecule has 12 aromatic rings. The maximum atomic E-state index is 6.44. The number of fused-ring (bicyclic) bond motifs is 4. The number of nitrogens with zero attached hydrogens (tertiary/aromatic N) is 4. The Bertz CT molecular complexity index is 3290. The predicted molar refractivity (Wildman–Crippen MR) is 267 cm³/mol. The Kier molecular flexibility index (Phi) is 9.42. The molecule has 5 heteroatoms. The molecule has 12 rings (SSSR count). The van der Waals surface area contributed by atoms with Gasteiger partial charge in [0.15, 0.2) is 11.6 Å². The van der Waals surface area contributed by atoms with Gasteiger partial charge in [-0.2, -0.15) is 0 Å². The van der Waals surface area contributed by atoms with Crippen LogP contribution in [0.1, 0.15) is 0 Å². The molecule has 65 heavy (non-hydrogen) atoms. The summed E-state index contributed by atoms with van der Waals surface area (Å²) in [4.78, 5) is 20.8. The maximum absolute atomic E-state index is 6.44. The molecule has 0 aliphatic rings. The highest BCUT2D eigenvalue weighted by atomic mass is 16.5. The number of hydrogen-bond acceptors (Lipinski definition) is 5. The van der Waals surface area contributed by atoms with E-state index in [1.54, 1.807) is 0 Å². The molecular weight excluding hydrogens is 793 g/mol. The molecule has 0 saturated heterocycles. The molecule has 0 unspecified atom stereocenters. The minimum atomic E-state index is 0.642. The van der Waals surface area contributed by atoms with Gasteiger partial charge in [-0.3, -0.25) is 0 Å². The highest BCUT2D eigenvalue weighted by molar-refractivity contribution is 6.01. The second kappa shape index (κ2) is 16.2. The lowest BCUT2D eigenvalue weighted by atomic mass is 9.98. The van der Waals surface area contributed by atoms with Crippen molar-refractivity contribution in [1.82, 2.24) is 19.9 Å². The van der Waals surface area contributed by atoms with Crippen LogP contribution < -0.4 is 4.74 Å². The van der Waals surface area contributed by atoms with E-state index in [9.17, 15) is 0 Å². The lowest BCUT2D eigenvalue weighted by Gasteiger charge is -2.13. The van der Waals surface area contributed by atoms with E-state index in [1.807, 2.05) is 48.5 Å². The zero-order valence-electron chi connectivity index (χ0n) is 35.1. The fraction of sp³-hybridized carbons (Fsp3) is 0. The first-order valence-corrected chi connectivity index (χ1v) is 21.8. The van der Waals surface area contributed by atoms with Crippen LogP contribution in [-0.2, 0) is 0 Å². The van der Waals surface area contributed by atoms with E-state index in [2.05, 4.69) is 182 Å². The van der Waals surface area contributed by atoms with Crippen LogP contribution in [0.25, 0.3) is 111 Å². The average molecular weight is 831 g/mol. The van der Waals surface area contributed by atoms with Gasteiger partial charge in [-0.25, -0.2) is 19.9 Å². The van der Waals surface area contributed by atoms with Crippen LogP contribution in [0.3, 0.4) is 0 Å². The molecule has 0 amide bonds. The topological polar surface area (TPSA) is 60.8 Å². The monoisotopic (exact) mass is 830 g/mol. The van der Waals surface area contributed by atoms with Gasteiger partial charge in [0.25, 0.3) is 0 Å². The normalized spacial score (nSPS) is 11.4. The van der Waals surface area contributed by atoms with Gasteiger partial charge in [-0.1, -0.05) is 170 Å². The predicted octanol–water partition coefficient (Wildman–Crippen LogP) is 15.7. The molecule has 2 aromatic heterocycles. The summed E-state index contributed by atoms with van der Waals surface area (Å²) < 4.78 is 6.44. The third-order valence-electron chi connectivity index (χ3n) is 12.2. The molecular formula is C60H38N4O. The molecule has 0 atom stereocenters. The van der Waals surface area contributed by atoms with Crippen molar-refractivity contribution in [2.45, 2.75) is 0 Å². The molecule has 0 spiro atoms. The Labute approximate surface area is 376 Å². The minimum absolute atomic E-state index is 0.642. The van der Waals surface area contributed by atoms with Crippen LogP contribution in [0.15, 0.2) is 231 Å². The fourth-order valence-corrected chi connectivity index (χ4v) is 8.98. The van der Waals surface area contributed by atoms with Crippen molar-refractivity contribution in [2.24, 2.45) is 0 Å². The van der Waals surface area contributed by atoms with Gasteiger partial charge in [-0.05, 0) is 104 Å². The highest BCUT2D eigenvalue weighted by Crippen LogP contribution is 2.37. The van der Waals surface area contributed by atoms with E-state index >= 15 is 0 Å². The molecule has 0 bridgehead atoms. The van der Waals surface area contributed by atoms with Crippen LogP contribution >= 0.6 is 0 Å². The van der Waals surface area contributed by atoms with Gasteiger partial charge in [0.05, 0.1) is 22.8 Å². The van der Waals surface area contributed by atoms with Crippen molar-refractivity contribution in [3.05, 3.63) is 231 Å². The first-order chi connectivity index (χ1) is 32.2. The smallest absolute Gasteiger partial charge is 0.160 e. The second-order valence-electron chi connectivity index (χ2n) is 16.2. The van der Waals surface area contributed by atoms with Crippen LogP contribution in [0, 0.1) is 0 Å². The third-order valence-corrected chi connectivity index (χ3v) is 12.2. The molecule has 304 valence electrons. The van der Waals surface area contributed by atoms with E-state index in [-0.39, 0.29) is 0 Å². The standard InChI is InChI=1S/C60H38N4O/c1-5-21-47-39(13-1)17-9-25-51(47)55-37-56(52-26-10-18-40-14-2-6-22-48(40)52)62-59(61-55)43-29-33-45(34-30-43)65-46-35-31-44(32-36-46)60-63-57(53-27-11-19-41-15-3-7-23-49(41)53)38-58(64-60)54-28-12-20-42-16-4-8-24-50(42)54/h1-38H. The quantitative estimate of drug-likeness (QED) is 0.153. The van der Waals surface area contributed by atoms with Crippen molar-refractivity contribution in [1.29, 1.82) is 0 Å². The Hall–Kier alpha value is -8.80. The van der Waals surface area contributed by atoms with Crippen molar-refractivity contribution >= 4 is 43.1 Å². The largest absolute Gasteiger partial charge is 0.457 e. The zero-order chi connectivity index (χ0) is 43.1. The molecule has 2 heterocycles. The summed E-state index contributed by atoms with van der Waals surface area (Å²) in [6, 6.07) is 79.5. The summed E-state index contributed by atoms with van der Waals surface area (Å²) in [6.07, 6.45) is 0. The number of ether oxygens (including phenoxy) is 1. The van der Waals surface area contributed by atoms with Crippen LogP contribution in [-0.4, -0.2) is 19.9 Å². The van der Waals surface area contributed by atoms with Gasteiger partial charge >= 0.3 is 0 Å². The molecule has 0 aliphatic heterocycles. The number of rotatable bonds is 8. The minimum Gasteiger partial charge on any atom is -0.457 e. The van der Waals surface area contributed by atoms with E-state index in [1.165, 1.54) is 21.5 Å². The van der Waals surface area contributed by atoms with Gasteiger partial charge < -0.3 is 4.74 Å². The summed E-state index contributed by atoms with van der Waals surface area (Å²) >= 11 is 0. The van der Waals surface area contributed by atoms with Crippen molar-refractivity contribution in [3.63, 3.8) is 0 Å². The van der Waals surface area contributed by atoms with Crippen LogP contribution in [0.2, 0.25) is 0 Å². The van der Waals surface area contributed by atoms with Gasteiger partial charge in [-0.15, -0.1) is 0 Å². The van der Waals surface area contributed by atoms with Crippen LogP contribution in [0.5, 0.6) is 11.5 Å². The third kappa shape index (κ3) is 7.21. The number of aromatic nitrogens is 4. The average Bonchev–Trinajstić information content (AvgIpc) is 3.38. The summed E-state index contributed by atoms with van der Waals surface area (Å²) in [5.41, 5.74) is 9.50. The van der Waals surface area contributed by atoms with Crippen molar-refractivity contribution in [2.75, 3.05) is 0 Å². The zero-order valence-corrected chi connectivity index (χ0v) is 35.1. The van der Waals surface area contributed by atoms with Gasteiger partial charge in [0.1, 0.15) is 11.5 Å². The Morgan fingerprint density at radius 3 is 0.800 bits per heavy atom. The summed E-state index contributed by atoms with van der Waals surface area (Å²) in [7, 11) is 0. The lowest BCUT2D eigenvalue weighted by molar-refractivity contribution is 0.483. The van der Waals surface area contributed by atoms with E-state index in [4.69, 9.17) is 24.7 Å². The summed E-state index contributed by atoms with van der Waals surface area (Å²) in [5.74, 6) is 2.69. The molecule has 5 nitrogen and oxygen atoms in total. The number of benzene rings is 10. The van der Waals surface area contributed by atoms with E-state index < -0.39 is 0 Å². The van der Waals surface area contributed by atoms with Gasteiger partial charge in [0, 0.05) is 33.4 Å². The maximum Gasteiger partial charge on any atom is 0.160 e. The lowest BCUT2D eigenvalue weighted by Crippen LogP contribution is -1.97. The number of hydrogen-bond donors (Lipinski definition) is 0. The van der Waals surface area contributed by atoms with Crippen LogP contribution in [0.4, 0.5) is 0 Å². The summed E-state index contributed by atoms with van der Waals surface area (Å²) in [6.45, 7) is 0.